The van der Waals surface area contributed by atoms with E-state index in [1.807, 2.05) is 0 Å². The van der Waals surface area contributed by atoms with Gasteiger partial charge in [-0.15, -0.1) is 11.3 Å². The van der Waals surface area contributed by atoms with Crippen molar-refractivity contribution in [3.63, 3.8) is 0 Å². The molecular weight excluding hydrogens is 394 g/mol. The molecule has 9 heteroatoms. The number of carbonyl (C=O) groups is 1. The van der Waals surface area contributed by atoms with Crippen LogP contribution in [-0.2, 0) is 19.4 Å². The van der Waals surface area contributed by atoms with Gasteiger partial charge in [0.2, 0.25) is 5.75 Å². The molecule has 0 saturated heterocycles. The van der Waals surface area contributed by atoms with E-state index in [9.17, 15) is 9.59 Å². The zero-order valence-corrected chi connectivity index (χ0v) is 17.2. The van der Waals surface area contributed by atoms with Crippen LogP contribution >= 0.6 is 11.3 Å². The van der Waals surface area contributed by atoms with Gasteiger partial charge in [0.1, 0.15) is 5.56 Å². The molecule has 2 heterocycles. The summed E-state index contributed by atoms with van der Waals surface area (Å²) in [4.78, 5) is 31.7. The van der Waals surface area contributed by atoms with Gasteiger partial charge in [0.15, 0.2) is 16.5 Å². The van der Waals surface area contributed by atoms with Gasteiger partial charge in [0, 0.05) is 23.3 Å². The molecule has 4 rings (SSSR count). The fourth-order valence-corrected chi connectivity index (χ4v) is 4.75. The quantitative estimate of drug-likeness (QED) is 0.664. The minimum atomic E-state index is -0.469. The molecule has 1 aliphatic carbocycles. The van der Waals surface area contributed by atoms with Gasteiger partial charge in [-0.3, -0.25) is 14.0 Å². The lowest BCUT2D eigenvalue weighted by atomic mass is 10.1. The first-order valence-corrected chi connectivity index (χ1v) is 9.98. The number of aryl methyl sites for hydroxylation is 2. The predicted octanol–water partition coefficient (Wildman–Crippen LogP) is 2.20. The Morgan fingerprint density at radius 2 is 1.90 bits per heavy atom. The number of thiazole rings is 1. The lowest BCUT2D eigenvalue weighted by Crippen LogP contribution is -2.31. The Morgan fingerprint density at radius 1 is 1.17 bits per heavy atom. The van der Waals surface area contributed by atoms with Crippen LogP contribution in [0.1, 0.15) is 32.9 Å². The highest BCUT2D eigenvalue weighted by Crippen LogP contribution is 2.38. The molecule has 0 fully saturated rings. The number of rotatable bonds is 6. The van der Waals surface area contributed by atoms with Gasteiger partial charge in [-0.2, -0.15) is 0 Å². The molecule has 0 aliphatic heterocycles. The van der Waals surface area contributed by atoms with Crippen LogP contribution in [-0.4, -0.2) is 36.6 Å². The highest BCUT2D eigenvalue weighted by Gasteiger charge is 2.22. The highest BCUT2D eigenvalue weighted by molar-refractivity contribution is 7.17. The molecule has 0 bridgehead atoms. The van der Waals surface area contributed by atoms with Crippen LogP contribution in [0.15, 0.2) is 23.1 Å². The number of carbonyl (C=O) groups excluding carboxylic acids is 1. The Morgan fingerprint density at radius 3 is 2.55 bits per heavy atom. The number of amides is 1. The van der Waals surface area contributed by atoms with E-state index in [1.165, 1.54) is 43.7 Å². The molecule has 0 unspecified atom stereocenters. The number of hydrogen-bond donors (Lipinski definition) is 1. The zero-order chi connectivity index (χ0) is 20.5. The van der Waals surface area contributed by atoms with Gasteiger partial charge in [-0.1, -0.05) is 0 Å². The van der Waals surface area contributed by atoms with Gasteiger partial charge in [-0.25, -0.2) is 4.98 Å². The molecule has 0 spiro atoms. The van der Waals surface area contributed by atoms with Gasteiger partial charge in [0.05, 0.1) is 21.3 Å². The lowest BCUT2D eigenvalue weighted by molar-refractivity contribution is 0.0948. The number of nitrogens with one attached hydrogen (secondary N) is 1. The molecule has 2 aromatic heterocycles. The van der Waals surface area contributed by atoms with E-state index in [4.69, 9.17) is 14.2 Å². The smallest absolute Gasteiger partial charge is 0.271 e. The van der Waals surface area contributed by atoms with Crippen molar-refractivity contribution in [3.05, 3.63) is 50.4 Å². The third kappa shape index (κ3) is 3.31. The minimum Gasteiger partial charge on any atom is -0.493 e. The van der Waals surface area contributed by atoms with Crippen molar-refractivity contribution in [3.8, 4) is 17.2 Å². The van der Waals surface area contributed by atoms with Crippen LogP contribution in [0.2, 0.25) is 0 Å². The first-order chi connectivity index (χ1) is 14.1. The summed E-state index contributed by atoms with van der Waals surface area (Å²) in [5.74, 6) is 0.995. The van der Waals surface area contributed by atoms with E-state index in [-0.39, 0.29) is 17.7 Å². The number of hydrogen-bond acceptors (Lipinski definition) is 7. The number of benzene rings is 1. The van der Waals surface area contributed by atoms with Gasteiger partial charge in [-0.05, 0) is 37.0 Å². The summed E-state index contributed by atoms with van der Waals surface area (Å²) in [5.41, 5.74) is 1.44. The van der Waals surface area contributed by atoms with Gasteiger partial charge < -0.3 is 19.5 Å². The molecule has 1 aliphatic rings. The average molecular weight is 415 g/mol. The Labute approximate surface area is 171 Å². The number of ether oxygens (including phenoxy) is 3. The molecule has 1 N–H and O–H groups in total. The molecule has 8 nitrogen and oxygen atoms in total. The summed E-state index contributed by atoms with van der Waals surface area (Å²) < 4.78 is 17.6. The first kappa shape index (κ1) is 19.3. The van der Waals surface area contributed by atoms with Crippen molar-refractivity contribution >= 4 is 22.2 Å². The number of methoxy groups -OCH3 is 3. The predicted molar refractivity (Wildman–Crippen MR) is 109 cm³/mol. The lowest BCUT2D eigenvalue weighted by Gasteiger charge is -2.14. The van der Waals surface area contributed by atoms with Crippen LogP contribution in [0.3, 0.4) is 0 Å². The highest BCUT2D eigenvalue weighted by atomic mass is 32.1. The van der Waals surface area contributed by atoms with E-state index >= 15 is 0 Å². The third-order valence-corrected chi connectivity index (χ3v) is 6.13. The molecule has 152 valence electrons. The average Bonchev–Trinajstić information content (AvgIpc) is 3.32. The molecule has 0 atom stereocenters. The largest absolute Gasteiger partial charge is 0.493 e. The second kappa shape index (κ2) is 7.75. The second-order valence-electron chi connectivity index (χ2n) is 6.64. The monoisotopic (exact) mass is 415 g/mol. The van der Waals surface area contributed by atoms with Gasteiger partial charge in [0.25, 0.3) is 11.5 Å². The number of aromatic nitrogens is 2. The molecule has 0 radical (unpaired) electrons. The Balaban J connectivity index is 1.59. The SMILES string of the molecule is COc1cc(CNC(=O)c2cnc3sc4c(n3c2=O)CCC4)cc(OC)c1OC. The Bertz CT molecular complexity index is 1130. The van der Waals surface area contributed by atoms with Crippen molar-refractivity contribution in [2.24, 2.45) is 0 Å². The van der Waals surface area contributed by atoms with E-state index in [1.54, 1.807) is 16.5 Å². The van der Waals surface area contributed by atoms with Crippen molar-refractivity contribution in [1.82, 2.24) is 14.7 Å². The maximum atomic E-state index is 12.9. The fourth-order valence-electron chi connectivity index (χ4n) is 3.58. The standard InChI is InChI=1S/C20H21N3O5S/c1-26-14-7-11(8-15(27-2)17(14)28-3)9-21-18(24)12-10-22-20-23(19(12)25)13-5-4-6-16(13)29-20/h7-8,10H,4-6,9H2,1-3H3,(H,21,24). The zero-order valence-electron chi connectivity index (χ0n) is 16.4. The summed E-state index contributed by atoms with van der Waals surface area (Å²) in [6.45, 7) is 0.194. The molecular formula is C20H21N3O5S. The maximum Gasteiger partial charge on any atom is 0.271 e. The second-order valence-corrected chi connectivity index (χ2v) is 7.70. The third-order valence-electron chi connectivity index (χ3n) is 4.97. The van der Waals surface area contributed by atoms with E-state index in [0.717, 1.165) is 30.5 Å². The molecule has 1 amide bonds. The summed E-state index contributed by atoms with van der Waals surface area (Å²) >= 11 is 1.52. The molecule has 29 heavy (non-hydrogen) atoms. The van der Waals surface area contributed by atoms with Crippen molar-refractivity contribution < 1.29 is 19.0 Å². The summed E-state index contributed by atoms with van der Waals surface area (Å²) in [6, 6.07) is 3.50. The summed E-state index contributed by atoms with van der Waals surface area (Å²) in [6.07, 6.45) is 4.19. The van der Waals surface area contributed by atoms with Crippen LogP contribution < -0.4 is 25.1 Å². The Hall–Kier alpha value is -3.07. The number of fused-ring (bicyclic) bond motifs is 3. The van der Waals surface area contributed by atoms with E-state index in [2.05, 4.69) is 10.3 Å². The number of nitrogens with zero attached hydrogens (tertiary/aromatic N) is 2. The van der Waals surface area contributed by atoms with Crippen molar-refractivity contribution in [2.45, 2.75) is 25.8 Å². The molecule has 3 aromatic rings. The minimum absolute atomic E-state index is 0.0300. The van der Waals surface area contributed by atoms with Crippen LogP contribution in [0.5, 0.6) is 17.2 Å². The summed E-state index contributed by atoms with van der Waals surface area (Å²) in [5, 5.41) is 2.78. The molecule has 0 saturated carbocycles. The van der Waals surface area contributed by atoms with Gasteiger partial charge >= 0.3 is 0 Å². The topological polar surface area (TPSA) is 91.2 Å². The van der Waals surface area contributed by atoms with Crippen molar-refractivity contribution in [2.75, 3.05) is 21.3 Å². The van der Waals surface area contributed by atoms with E-state index < -0.39 is 5.91 Å². The van der Waals surface area contributed by atoms with Crippen LogP contribution in [0.4, 0.5) is 0 Å². The van der Waals surface area contributed by atoms with E-state index in [0.29, 0.717) is 22.2 Å². The molecule has 1 aromatic carbocycles. The normalized spacial score (nSPS) is 12.7. The van der Waals surface area contributed by atoms with Crippen LogP contribution in [0, 0.1) is 0 Å². The Kier molecular flexibility index (Phi) is 5.14. The van der Waals surface area contributed by atoms with Crippen molar-refractivity contribution in [1.29, 1.82) is 0 Å². The summed E-state index contributed by atoms with van der Waals surface area (Å²) in [7, 11) is 4.58. The fraction of sp³-hybridized carbons (Fsp3) is 0.350. The first-order valence-electron chi connectivity index (χ1n) is 9.16. The maximum absolute atomic E-state index is 12.9. The van der Waals surface area contributed by atoms with Crippen LogP contribution in [0.25, 0.3) is 4.96 Å².